The average Bonchev–Trinajstić information content (AvgIpc) is 2.38. The summed E-state index contributed by atoms with van der Waals surface area (Å²) < 4.78 is 14.1. The molecular weight excluding hydrogens is 239 g/mol. The Kier molecular flexibility index (Phi) is 3.74. The molecule has 0 amide bonds. The van der Waals surface area contributed by atoms with Crippen LogP contribution in [0.15, 0.2) is 36.4 Å². The summed E-state index contributed by atoms with van der Waals surface area (Å²) in [6, 6.07) is 14.0. The third kappa shape index (κ3) is 2.70. The van der Waals surface area contributed by atoms with Crippen LogP contribution in [0, 0.1) is 11.9 Å². The molecule has 0 fully saturated rings. The lowest BCUT2D eigenvalue weighted by Gasteiger charge is -2.19. The standard InChI is InChI=1S/C16H18FN2/c1-18(2)13-10-8-12(9-11-13)16-14(17)6-5-7-15(16)19(3)4/h5,7-11H,1-4H3. The van der Waals surface area contributed by atoms with Crippen molar-refractivity contribution in [2.75, 3.05) is 38.0 Å². The van der Waals surface area contributed by atoms with Gasteiger partial charge in [-0.15, -0.1) is 0 Å². The minimum Gasteiger partial charge on any atom is -0.378 e. The number of benzene rings is 2. The van der Waals surface area contributed by atoms with Crippen molar-refractivity contribution in [3.8, 4) is 11.1 Å². The van der Waals surface area contributed by atoms with Crippen molar-refractivity contribution in [2.24, 2.45) is 0 Å². The lowest BCUT2D eigenvalue weighted by atomic mass is 10.0. The van der Waals surface area contributed by atoms with E-state index in [2.05, 4.69) is 6.07 Å². The van der Waals surface area contributed by atoms with Gasteiger partial charge in [-0.25, -0.2) is 4.39 Å². The Morgan fingerprint density at radius 3 is 2.05 bits per heavy atom. The minimum absolute atomic E-state index is 0.316. The molecule has 0 saturated carbocycles. The largest absolute Gasteiger partial charge is 0.378 e. The summed E-state index contributed by atoms with van der Waals surface area (Å²) in [4.78, 5) is 3.93. The van der Waals surface area contributed by atoms with Crippen LogP contribution in [-0.4, -0.2) is 28.2 Å². The van der Waals surface area contributed by atoms with Gasteiger partial charge in [0.15, 0.2) is 0 Å². The Hall–Kier alpha value is -2.03. The van der Waals surface area contributed by atoms with Crippen molar-refractivity contribution < 1.29 is 4.39 Å². The first-order valence-electron chi connectivity index (χ1n) is 6.16. The van der Waals surface area contributed by atoms with Gasteiger partial charge in [0.2, 0.25) is 0 Å². The van der Waals surface area contributed by atoms with E-state index in [0.29, 0.717) is 5.56 Å². The first-order chi connectivity index (χ1) is 9.00. The van der Waals surface area contributed by atoms with E-state index >= 15 is 0 Å². The topological polar surface area (TPSA) is 6.48 Å². The molecule has 0 heterocycles. The normalized spacial score (nSPS) is 10.4. The van der Waals surface area contributed by atoms with E-state index in [1.807, 2.05) is 68.3 Å². The van der Waals surface area contributed by atoms with Crippen molar-refractivity contribution in [1.29, 1.82) is 0 Å². The Morgan fingerprint density at radius 1 is 0.895 bits per heavy atom. The lowest BCUT2D eigenvalue weighted by Crippen LogP contribution is -2.11. The van der Waals surface area contributed by atoms with Crippen LogP contribution in [0.2, 0.25) is 0 Å². The molecule has 19 heavy (non-hydrogen) atoms. The van der Waals surface area contributed by atoms with Gasteiger partial charge in [-0.3, -0.25) is 0 Å². The van der Waals surface area contributed by atoms with E-state index in [0.717, 1.165) is 16.9 Å². The fourth-order valence-corrected chi connectivity index (χ4v) is 2.04. The summed E-state index contributed by atoms with van der Waals surface area (Å²) in [6.07, 6.45) is 0. The van der Waals surface area contributed by atoms with Crippen molar-refractivity contribution >= 4 is 11.4 Å². The molecule has 0 spiro atoms. The van der Waals surface area contributed by atoms with Gasteiger partial charge < -0.3 is 9.80 Å². The van der Waals surface area contributed by atoms with Crippen molar-refractivity contribution in [3.63, 3.8) is 0 Å². The quantitative estimate of drug-likeness (QED) is 0.831. The van der Waals surface area contributed by atoms with Gasteiger partial charge in [0, 0.05) is 51.2 Å². The maximum atomic E-state index is 14.1. The third-order valence-electron chi connectivity index (χ3n) is 3.08. The minimum atomic E-state index is -0.316. The molecule has 2 rings (SSSR count). The maximum Gasteiger partial charge on any atom is 0.141 e. The van der Waals surface area contributed by atoms with Crippen molar-refractivity contribution in [1.82, 2.24) is 0 Å². The molecule has 0 bridgehead atoms. The molecule has 2 aromatic carbocycles. The zero-order valence-electron chi connectivity index (χ0n) is 11.7. The molecule has 0 unspecified atom stereocenters. The number of hydrogen-bond acceptors (Lipinski definition) is 2. The van der Waals surface area contributed by atoms with Crippen LogP contribution < -0.4 is 9.80 Å². The summed E-state index contributed by atoms with van der Waals surface area (Å²) in [7, 11) is 7.78. The molecule has 2 aromatic rings. The van der Waals surface area contributed by atoms with Crippen molar-refractivity contribution in [3.05, 3.63) is 48.3 Å². The zero-order chi connectivity index (χ0) is 14.0. The van der Waals surface area contributed by atoms with Crippen LogP contribution >= 0.6 is 0 Å². The van der Waals surface area contributed by atoms with Gasteiger partial charge in [0.05, 0.1) is 0 Å². The molecule has 99 valence electrons. The molecule has 0 saturated heterocycles. The highest BCUT2D eigenvalue weighted by Gasteiger charge is 2.12. The predicted octanol–water partition coefficient (Wildman–Crippen LogP) is 3.42. The van der Waals surface area contributed by atoms with Gasteiger partial charge in [-0.2, -0.15) is 0 Å². The summed E-state index contributed by atoms with van der Waals surface area (Å²) in [6.45, 7) is 0. The Bertz CT molecular complexity index is 559. The molecular formula is C16H18FN2. The van der Waals surface area contributed by atoms with E-state index in [9.17, 15) is 4.39 Å². The van der Waals surface area contributed by atoms with Gasteiger partial charge in [0.1, 0.15) is 5.82 Å². The molecule has 0 aliphatic rings. The molecule has 0 N–H and O–H groups in total. The molecule has 0 aliphatic carbocycles. The Labute approximate surface area is 114 Å². The maximum absolute atomic E-state index is 14.1. The molecule has 2 nitrogen and oxygen atoms in total. The highest BCUT2D eigenvalue weighted by atomic mass is 19.1. The van der Waals surface area contributed by atoms with Gasteiger partial charge in [0.25, 0.3) is 0 Å². The van der Waals surface area contributed by atoms with Crippen LogP contribution in [0.1, 0.15) is 0 Å². The highest BCUT2D eigenvalue weighted by Crippen LogP contribution is 2.32. The van der Waals surface area contributed by atoms with Gasteiger partial charge in [-0.05, 0) is 29.8 Å². The second-order valence-corrected chi connectivity index (χ2v) is 4.89. The van der Waals surface area contributed by atoms with Crippen LogP contribution in [0.5, 0.6) is 0 Å². The number of nitrogens with zero attached hydrogens (tertiary/aromatic N) is 2. The van der Waals surface area contributed by atoms with E-state index in [-0.39, 0.29) is 5.82 Å². The number of halogens is 1. The highest BCUT2D eigenvalue weighted by molar-refractivity contribution is 5.79. The summed E-state index contributed by atoms with van der Waals surface area (Å²) >= 11 is 0. The van der Waals surface area contributed by atoms with Crippen molar-refractivity contribution in [2.45, 2.75) is 0 Å². The fraction of sp³-hybridized carbons (Fsp3) is 0.250. The summed E-state index contributed by atoms with van der Waals surface area (Å²) in [5.74, 6) is -0.316. The third-order valence-corrected chi connectivity index (χ3v) is 3.08. The van der Waals surface area contributed by atoms with E-state index in [1.165, 1.54) is 0 Å². The van der Waals surface area contributed by atoms with E-state index < -0.39 is 0 Å². The van der Waals surface area contributed by atoms with Crippen LogP contribution in [0.4, 0.5) is 15.8 Å². The van der Waals surface area contributed by atoms with Crippen LogP contribution in [0.25, 0.3) is 11.1 Å². The second-order valence-electron chi connectivity index (χ2n) is 4.89. The molecule has 0 aliphatic heterocycles. The van der Waals surface area contributed by atoms with E-state index in [1.54, 1.807) is 6.07 Å². The van der Waals surface area contributed by atoms with Gasteiger partial charge in [-0.1, -0.05) is 12.1 Å². The summed E-state index contributed by atoms with van der Waals surface area (Å²) in [5, 5.41) is 0. The number of rotatable bonds is 3. The summed E-state index contributed by atoms with van der Waals surface area (Å²) in [5.41, 5.74) is 3.41. The number of anilines is 2. The predicted molar refractivity (Wildman–Crippen MR) is 79.3 cm³/mol. The fourth-order valence-electron chi connectivity index (χ4n) is 2.04. The molecule has 0 aromatic heterocycles. The monoisotopic (exact) mass is 257 g/mol. The second kappa shape index (κ2) is 5.31. The van der Waals surface area contributed by atoms with E-state index in [4.69, 9.17) is 0 Å². The Morgan fingerprint density at radius 2 is 1.53 bits per heavy atom. The smallest absolute Gasteiger partial charge is 0.141 e. The lowest BCUT2D eigenvalue weighted by molar-refractivity contribution is 0.629. The zero-order valence-corrected chi connectivity index (χ0v) is 11.7. The molecule has 0 atom stereocenters. The first kappa shape index (κ1) is 13.4. The molecule has 3 heteroatoms. The van der Waals surface area contributed by atoms with Gasteiger partial charge >= 0.3 is 0 Å². The average molecular weight is 257 g/mol. The molecule has 1 radical (unpaired) electrons. The SMILES string of the molecule is CN(C)c1ccc(-c2c(F)[c]ccc2N(C)C)cc1. The number of hydrogen-bond donors (Lipinski definition) is 0. The Balaban J connectivity index is 2.52. The van der Waals surface area contributed by atoms with Crippen LogP contribution in [0.3, 0.4) is 0 Å². The first-order valence-corrected chi connectivity index (χ1v) is 6.16. The van der Waals surface area contributed by atoms with Crippen LogP contribution in [-0.2, 0) is 0 Å².